The average molecular weight is 214 g/mol. The van der Waals surface area contributed by atoms with Gasteiger partial charge in [0.25, 0.3) is 0 Å². The molecule has 1 heterocycles. The van der Waals surface area contributed by atoms with Crippen LogP contribution in [0.1, 0.15) is 34.1 Å². The molecule has 90 valence electrons. The Morgan fingerprint density at radius 3 is 2.80 bits per heavy atom. The van der Waals surface area contributed by atoms with Crippen LogP contribution in [0.3, 0.4) is 0 Å². The second kappa shape index (κ2) is 6.46. The van der Waals surface area contributed by atoms with Crippen molar-refractivity contribution in [3.05, 3.63) is 0 Å². The molecule has 0 spiro atoms. The number of hydrogen-bond acceptors (Lipinski definition) is 3. The fraction of sp³-hybridized carbons (Fsp3) is 1.00. The Kier molecular flexibility index (Phi) is 5.58. The quantitative estimate of drug-likeness (QED) is 0.750. The molecule has 3 nitrogen and oxygen atoms in total. The lowest BCUT2D eigenvalue weighted by Crippen LogP contribution is -2.49. The fourth-order valence-electron chi connectivity index (χ4n) is 2.47. The molecule has 0 bridgehead atoms. The van der Waals surface area contributed by atoms with E-state index in [2.05, 4.69) is 37.9 Å². The molecule has 1 aliphatic heterocycles. The summed E-state index contributed by atoms with van der Waals surface area (Å²) in [5, 5.41) is 3.47. The van der Waals surface area contributed by atoms with Crippen LogP contribution in [0.25, 0.3) is 0 Å². The van der Waals surface area contributed by atoms with Gasteiger partial charge in [0.1, 0.15) is 0 Å². The van der Waals surface area contributed by atoms with Gasteiger partial charge in [0.2, 0.25) is 0 Å². The number of ether oxygens (including phenoxy) is 1. The summed E-state index contributed by atoms with van der Waals surface area (Å²) in [7, 11) is 0. The smallest absolute Gasteiger partial charge is 0.0619 e. The zero-order chi connectivity index (χ0) is 11.3. The first kappa shape index (κ1) is 12.9. The van der Waals surface area contributed by atoms with Gasteiger partial charge in [-0.15, -0.1) is 0 Å². The van der Waals surface area contributed by atoms with Gasteiger partial charge in [-0.3, -0.25) is 4.90 Å². The summed E-state index contributed by atoms with van der Waals surface area (Å²) in [6.45, 7) is 12.9. The third-order valence-corrected chi connectivity index (χ3v) is 3.23. The Hall–Kier alpha value is -0.120. The highest BCUT2D eigenvalue weighted by molar-refractivity contribution is 4.79. The van der Waals surface area contributed by atoms with Crippen LogP contribution in [0, 0.1) is 0 Å². The van der Waals surface area contributed by atoms with Gasteiger partial charge in [0.05, 0.1) is 13.2 Å². The second-order valence-electron chi connectivity index (χ2n) is 4.71. The molecule has 0 saturated carbocycles. The van der Waals surface area contributed by atoms with Gasteiger partial charge in [-0.1, -0.05) is 6.92 Å². The zero-order valence-electron chi connectivity index (χ0n) is 10.6. The van der Waals surface area contributed by atoms with Gasteiger partial charge in [-0.05, 0) is 33.7 Å². The van der Waals surface area contributed by atoms with E-state index in [9.17, 15) is 0 Å². The normalized spacial score (nSPS) is 27.6. The van der Waals surface area contributed by atoms with Gasteiger partial charge >= 0.3 is 0 Å². The average Bonchev–Trinajstić information content (AvgIpc) is 2.18. The predicted octanol–water partition coefficient (Wildman–Crippen LogP) is 1.48. The van der Waals surface area contributed by atoms with Gasteiger partial charge in [-0.2, -0.15) is 0 Å². The summed E-state index contributed by atoms with van der Waals surface area (Å²) in [6, 6.07) is 1.83. The van der Waals surface area contributed by atoms with E-state index in [4.69, 9.17) is 4.74 Å². The Morgan fingerprint density at radius 2 is 2.20 bits per heavy atom. The van der Waals surface area contributed by atoms with Crippen LogP contribution in [0.5, 0.6) is 0 Å². The van der Waals surface area contributed by atoms with Gasteiger partial charge in [-0.25, -0.2) is 0 Å². The largest absolute Gasteiger partial charge is 0.379 e. The van der Waals surface area contributed by atoms with E-state index in [-0.39, 0.29) is 0 Å². The first-order valence-electron chi connectivity index (χ1n) is 6.22. The third kappa shape index (κ3) is 4.09. The maximum atomic E-state index is 5.46. The van der Waals surface area contributed by atoms with Crippen molar-refractivity contribution in [3.63, 3.8) is 0 Å². The van der Waals surface area contributed by atoms with Crippen LogP contribution in [0.15, 0.2) is 0 Å². The predicted molar refractivity (Wildman–Crippen MR) is 64.2 cm³/mol. The molecule has 0 amide bonds. The molecule has 3 unspecified atom stereocenters. The van der Waals surface area contributed by atoms with Crippen LogP contribution < -0.4 is 5.32 Å². The molecule has 3 atom stereocenters. The lowest BCUT2D eigenvalue weighted by Gasteiger charge is -2.38. The van der Waals surface area contributed by atoms with E-state index < -0.39 is 0 Å². The number of hydrogen-bond donors (Lipinski definition) is 1. The molecule has 1 aliphatic rings. The highest BCUT2D eigenvalue weighted by Gasteiger charge is 2.24. The zero-order valence-corrected chi connectivity index (χ0v) is 10.6. The van der Waals surface area contributed by atoms with Crippen LogP contribution in [0.4, 0.5) is 0 Å². The first-order valence-corrected chi connectivity index (χ1v) is 6.22. The number of morpholine rings is 1. The van der Waals surface area contributed by atoms with E-state index in [0.29, 0.717) is 18.1 Å². The van der Waals surface area contributed by atoms with E-state index in [1.165, 1.54) is 6.42 Å². The summed E-state index contributed by atoms with van der Waals surface area (Å²) in [5.41, 5.74) is 0. The Morgan fingerprint density at radius 1 is 1.47 bits per heavy atom. The van der Waals surface area contributed by atoms with E-state index >= 15 is 0 Å². The minimum Gasteiger partial charge on any atom is -0.379 e. The minimum absolute atomic E-state index is 0.572. The van der Waals surface area contributed by atoms with Crippen molar-refractivity contribution in [2.75, 3.05) is 26.3 Å². The third-order valence-electron chi connectivity index (χ3n) is 3.23. The summed E-state index contributed by atoms with van der Waals surface area (Å²) in [6.07, 6.45) is 1.22. The first-order chi connectivity index (χ1) is 7.15. The van der Waals surface area contributed by atoms with Crippen LogP contribution >= 0.6 is 0 Å². The second-order valence-corrected chi connectivity index (χ2v) is 4.71. The number of rotatable bonds is 5. The number of nitrogens with zero attached hydrogens (tertiary/aromatic N) is 1. The van der Waals surface area contributed by atoms with Crippen molar-refractivity contribution in [2.45, 2.75) is 52.2 Å². The topological polar surface area (TPSA) is 24.5 Å². The van der Waals surface area contributed by atoms with Crippen molar-refractivity contribution in [1.82, 2.24) is 10.2 Å². The van der Waals surface area contributed by atoms with Crippen molar-refractivity contribution < 1.29 is 4.74 Å². The molecule has 15 heavy (non-hydrogen) atoms. The summed E-state index contributed by atoms with van der Waals surface area (Å²) in [5.74, 6) is 0. The summed E-state index contributed by atoms with van der Waals surface area (Å²) >= 11 is 0. The maximum absolute atomic E-state index is 5.46. The van der Waals surface area contributed by atoms with Gasteiger partial charge in [0.15, 0.2) is 0 Å². The molecule has 0 aromatic carbocycles. The number of nitrogens with one attached hydrogen (secondary N) is 1. The van der Waals surface area contributed by atoms with Crippen LogP contribution in [-0.4, -0.2) is 49.3 Å². The van der Waals surface area contributed by atoms with Crippen molar-refractivity contribution in [3.8, 4) is 0 Å². The van der Waals surface area contributed by atoms with E-state index in [1.54, 1.807) is 0 Å². The summed E-state index contributed by atoms with van der Waals surface area (Å²) < 4.78 is 5.46. The van der Waals surface area contributed by atoms with Crippen molar-refractivity contribution in [2.24, 2.45) is 0 Å². The van der Waals surface area contributed by atoms with Crippen molar-refractivity contribution in [1.29, 1.82) is 0 Å². The summed E-state index contributed by atoms with van der Waals surface area (Å²) in [4.78, 5) is 2.57. The highest BCUT2D eigenvalue weighted by atomic mass is 16.5. The molecule has 0 aliphatic carbocycles. The fourth-order valence-corrected chi connectivity index (χ4v) is 2.47. The Labute approximate surface area is 94.2 Å². The van der Waals surface area contributed by atoms with Crippen LogP contribution in [-0.2, 0) is 4.74 Å². The lowest BCUT2D eigenvalue weighted by atomic mass is 10.1. The molecule has 0 aromatic rings. The molecule has 0 aromatic heterocycles. The van der Waals surface area contributed by atoms with Gasteiger partial charge < -0.3 is 10.1 Å². The molecule has 0 radical (unpaired) electrons. The molecule has 1 saturated heterocycles. The molecule has 1 N–H and O–H groups in total. The molecule has 3 heteroatoms. The monoisotopic (exact) mass is 214 g/mol. The minimum atomic E-state index is 0.572. The van der Waals surface area contributed by atoms with E-state index in [0.717, 1.165) is 26.3 Å². The Bertz CT molecular complexity index is 175. The highest BCUT2D eigenvalue weighted by Crippen LogP contribution is 2.14. The molecular weight excluding hydrogens is 188 g/mol. The van der Waals surface area contributed by atoms with Gasteiger partial charge in [0, 0.05) is 24.7 Å². The molecular formula is C12H26N2O. The lowest BCUT2D eigenvalue weighted by molar-refractivity contribution is -0.0212. The molecule has 1 rings (SSSR count). The molecule has 1 fully saturated rings. The SMILES string of the molecule is CCNC(C)CC(C)N1CCOCC1C. The Balaban J connectivity index is 2.34. The van der Waals surface area contributed by atoms with Crippen LogP contribution in [0.2, 0.25) is 0 Å². The van der Waals surface area contributed by atoms with Crippen molar-refractivity contribution >= 4 is 0 Å². The standard InChI is InChI=1S/C12H26N2O/c1-5-13-10(2)8-11(3)14-6-7-15-9-12(14)4/h10-13H,5-9H2,1-4H3. The van der Waals surface area contributed by atoms with E-state index in [1.807, 2.05) is 0 Å². The maximum Gasteiger partial charge on any atom is 0.0619 e.